The van der Waals surface area contributed by atoms with Crippen LogP contribution >= 0.6 is 0 Å². The van der Waals surface area contributed by atoms with E-state index in [1.165, 1.54) is 0 Å². The molecular formula is C14H19N3O3. The van der Waals surface area contributed by atoms with Gasteiger partial charge in [0, 0.05) is 11.6 Å². The van der Waals surface area contributed by atoms with Gasteiger partial charge in [0.1, 0.15) is 0 Å². The Labute approximate surface area is 117 Å². The Balaban J connectivity index is 2.27. The molecule has 0 heterocycles. The first-order valence-corrected chi connectivity index (χ1v) is 6.38. The number of benzene rings is 1. The molecule has 0 atom stereocenters. The molecule has 0 bridgehead atoms. The first kappa shape index (κ1) is 15.7. The van der Waals surface area contributed by atoms with Crippen molar-refractivity contribution in [3.05, 3.63) is 35.9 Å². The SMILES string of the molecule is CC(C)NC(=O)CNC(=O)CNC(=O)c1ccccc1. The lowest BCUT2D eigenvalue weighted by Gasteiger charge is -2.09. The van der Waals surface area contributed by atoms with E-state index in [0.29, 0.717) is 5.56 Å². The van der Waals surface area contributed by atoms with Crippen molar-refractivity contribution in [2.24, 2.45) is 0 Å². The average Bonchev–Trinajstić information content (AvgIpc) is 2.42. The topological polar surface area (TPSA) is 87.3 Å². The van der Waals surface area contributed by atoms with Crippen LogP contribution in [0, 0.1) is 0 Å². The molecule has 1 aromatic carbocycles. The highest BCUT2D eigenvalue weighted by molar-refractivity contribution is 5.96. The normalized spacial score (nSPS) is 9.95. The second-order valence-corrected chi connectivity index (χ2v) is 4.55. The predicted molar refractivity (Wildman–Crippen MR) is 75.1 cm³/mol. The Morgan fingerprint density at radius 2 is 1.55 bits per heavy atom. The fourth-order valence-corrected chi connectivity index (χ4v) is 1.47. The number of nitrogens with one attached hydrogen (secondary N) is 3. The molecule has 0 saturated carbocycles. The monoisotopic (exact) mass is 277 g/mol. The van der Waals surface area contributed by atoms with E-state index >= 15 is 0 Å². The Hall–Kier alpha value is -2.37. The maximum absolute atomic E-state index is 11.7. The van der Waals surface area contributed by atoms with Gasteiger partial charge in [-0.2, -0.15) is 0 Å². The Morgan fingerprint density at radius 3 is 2.15 bits per heavy atom. The van der Waals surface area contributed by atoms with E-state index in [1.54, 1.807) is 30.3 Å². The lowest BCUT2D eigenvalue weighted by molar-refractivity contribution is -0.125. The molecular weight excluding hydrogens is 258 g/mol. The summed E-state index contributed by atoms with van der Waals surface area (Å²) >= 11 is 0. The molecule has 20 heavy (non-hydrogen) atoms. The quantitative estimate of drug-likeness (QED) is 0.687. The highest BCUT2D eigenvalue weighted by Gasteiger charge is 2.09. The molecule has 0 saturated heterocycles. The summed E-state index contributed by atoms with van der Waals surface area (Å²) in [6.45, 7) is 3.40. The zero-order valence-electron chi connectivity index (χ0n) is 11.6. The molecule has 0 aliphatic rings. The highest BCUT2D eigenvalue weighted by Crippen LogP contribution is 1.97. The lowest BCUT2D eigenvalue weighted by Crippen LogP contribution is -2.43. The van der Waals surface area contributed by atoms with Crippen LogP contribution in [-0.4, -0.2) is 36.9 Å². The number of amides is 3. The molecule has 0 radical (unpaired) electrons. The predicted octanol–water partition coefficient (Wildman–Crippen LogP) is 0.0572. The third-order valence-corrected chi connectivity index (χ3v) is 2.34. The van der Waals surface area contributed by atoms with E-state index in [1.807, 2.05) is 13.8 Å². The van der Waals surface area contributed by atoms with Crippen molar-refractivity contribution in [3.8, 4) is 0 Å². The van der Waals surface area contributed by atoms with Crippen LogP contribution in [0.25, 0.3) is 0 Å². The van der Waals surface area contributed by atoms with Gasteiger partial charge in [-0.1, -0.05) is 18.2 Å². The van der Waals surface area contributed by atoms with Gasteiger partial charge in [-0.3, -0.25) is 14.4 Å². The standard InChI is InChI=1S/C14H19N3O3/c1-10(2)17-13(19)9-15-12(18)8-16-14(20)11-6-4-3-5-7-11/h3-7,10H,8-9H2,1-2H3,(H,15,18)(H,16,20)(H,17,19). The number of carbonyl (C=O) groups is 3. The summed E-state index contributed by atoms with van der Waals surface area (Å²) in [5.74, 6) is -0.997. The van der Waals surface area contributed by atoms with Crippen LogP contribution < -0.4 is 16.0 Å². The third-order valence-electron chi connectivity index (χ3n) is 2.34. The molecule has 0 unspecified atom stereocenters. The number of hydrogen-bond donors (Lipinski definition) is 3. The van der Waals surface area contributed by atoms with Gasteiger partial charge < -0.3 is 16.0 Å². The van der Waals surface area contributed by atoms with Crippen molar-refractivity contribution < 1.29 is 14.4 Å². The van der Waals surface area contributed by atoms with E-state index in [9.17, 15) is 14.4 Å². The van der Waals surface area contributed by atoms with Crippen molar-refractivity contribution in [2.75, 3.05) is 13.1 Å². The highest BCUT2D eigenvalue weighted by atomic mass is 16.2. The smallest absolute Gasteiger partial charge is 0.251 e. The average molecular weight is 277 g/mol. The van der Waals surface area contributed by atoms with Crippen molar-refractivity contribution >= 4 is 17.7 Å². The maximum atomic E-state index is 11.7. The summed E-state index contributed by atoms with van der Waals surface area (Å²) < 4.78 is 0. The minimum absolute atomic E-state index is 0.0252. The lowest BCUT2D eigenvalue weighted by atomic mass is 10.2. The fraction of sp³-hybridized carbons (Fsp3) is 0.357. The van der Waals surface area contributed by atoms with Crippen molar-refractivity contribution in [1.82, 2.24) is 16.0 Å². The number of rotatable bonds is 6. The molecule has 0 aliphatic heterocycles. The van der Waals surface area contributed by atoms with E-state index in [4.69, 9.17) is 0 Å². The minimum atomic E-state index is -0.409. The molecule has 1 aromatic rings. The van der Waals surface area contributed by atoms with Gasteiger partial charge in [0.05, 0.1) is 13.1 Å². The summed E-state index contributed by atoms with van der Waals surface area (Å²) in [6.07, 6.45) is 0. The van der Waals surface area contributed by atoms with Crippen molar-refractivity contribution in [2.45, 2.75) is 19.9 Å². The molecule has 0 fully saturated rings. The van der Waals surface area contributed by atoms with Gasteiger partial charge >= 0.3 is 0 Å². The summed E-state index contributed by atoms with van der Waals surface area (Å²) in [4.78, 5) is 34.4. The largest absolute Gasteiger partial charge is 0.352 e. The van der Waals surface area contributed by atoms with Gasteiger partial charge in [0.25, 0.3) is 5.91 Å². The maximum Gasteiger partial charge on any atom is 0.251 e. The van der Waals surface area contributed by atoms with Crippen molar-refractivity contribution in [3.63, 3.8) is 0 Å². The molecule has 0 aliphatic carbocycles. The summed E-state index contributed by atoms with van der Waals surface area (Å²) in [6, 6.07) is 8.62. The summed E-state index contributed by atoms with van der Waals surface area (Å²) in [5, 5.41) is 7.56. The Morgan fingerprint density at radius 1 is 0.950 bits per heavy atom. The second-order valence-electron chi connectivity index (χ2n) is 4.55. The van der Waals surface area contributed by atoms with E-state index in [2.05, 4.69) is 16.0 Å². The first-order valence-electron chi connectivity index (χ1n) is 6.38. The van der Waals surface area contributed by atoms with Gasteiger partial charge in [-0.05, 0) is 26.0 Å². The molecule has 3 amide bonds. The van der Waals surface area contributed by atoms with E-state index in [0.717, 1.165) is 0 Å². The fourth-order valence-electron chi connectivity index (χ4n) is 1.47. The van der Waals surface area contributed by atoms with Gasteiger partial charge in [0.2, 0.25) is 11.8 Å². The molecule has 6 nitrogen and oxygen atoms in total. The van der Waals surface area contributed by atoms with Gasteiger partial charge in [-0.15, -0.1) is 0 Å². The van der Waals surface area contributed by atoms with Gasteiger partial charge in [-0.25, -0.2) is 0 Å². The van der Waals surface area contributed by atoms with Crippen LogP contribution in [0.1, 0.15) is 24.2 Å². The Kier molecular flexibility index (Phi) is 6.22. The van der Waals surface area contributed by atoms with Crippen LogP contribution in [0.3, 0.4) is 0 Å². The van der Waals surface area contributed by atoms with E-state index in [-0.39, 0.29) is 30.9 Å². The first-order chi connectivity index (χ1) is 9.49. The number of carbonyl (C=O) groups excluding carboxylic acids is 3. The zero-order valence-corrected chi connectivity index (χ0v) is 11.6. The second kappa shape index (κ2) is 7.93. The molecule has 1 rings (SSSR count). The number of hydrogen-bond acceptors (Lipinski definition) is 3. The van der Waals surface area contributed by atoms with Crippen LogP contribution in [-0.2, 0) is 9.59 Å². The summed E-state index contributed by atoms with van der Waals surface area (Å²) in [5.41, 5.74) is 0.484. The van der Waals surface area contributed by atoms with Crippen LogP contribution in [0.15, 0.2) is 30.3 Å². The molecule has 6 heteroatoms. The third kappa shape index (κ3) is 5.99. The van der Waals surface area contributed by atoms with Gasteiger partial charge in [0.15, 0.2) is 0 Å². The molecule has 0 spiro atoms. The molecule has 3 N–H and O–H groups in total. The van der Waals surface area contributed by atoms with E-state index < -0.39 is 5.91 Å². The van der Waals surface area contributed by atoms with Crippen LogP contribution in [0.5, 0.6) is 0 Å². The van der Waals surface area contributed by atoms with Crippen molar-refractivity contribution in [1.29, 1.82) is 0 Å². The minimum Gasteiger partial charge on any atom is -0.352 e. The van der Waals surface area contributed by atoms with Crippen LogP contribution in [0.2, 0.25) is 0 Å². The zero-order chi connectivity index (χ0) is 15.0. The Bertz CT molecular complexity index is 472. The summed E-state index contributed by atoms with van der Waals surface area (Å²) in [7, 11) is 0. The van der Waals surface area contributed by atoms with Crippen LogP contribution in [0.4, 0.5) is 0 Å². The molecule has 108 valence electrons. The molecule has 0 aromatic heterocycles.